The first-order valence-electron chi connectivity index (χ1n) is 10.3. The second kappa shape index (κ2) is 7.44. The number of carbonyl (C=O) groups is 2. The van der Waals surface area contributed by atoms with Crippen LogP contribution in [0, 0.1) is 6.92 Å². The van der Waals surface area contributed by atoms with Gasteiger partial charge in [0, 0.05) is 25.8 Å². The lowest BCUT2D eigenvalue weighted by molar-refractivity contribution is -0.134. The van der Waals surface area contributed by atoms with Gasteiger partial charge in [0.25, 0.3) is 5.91 Å². The predicted octanol–water partition coefficient (Wildman–Crippen LogP) is -0.0218. The van der Waals surface area contributed by atoms with Gasteiger partial charge in [-0.1, -0.05) is 5.16 Å². The molecule has 2 aromatic heterocycles. The standard InChI is InChI=1S/C20H24N6O4/c1-11-17(18(24-30-11)13-2-5-21-10-23-13)20(29)26-7-4-15-16(26)3-6-25(15)19(28)14-8-12(27)9-22-14/h2,5,10,12,14-16,22,27H,3-4,6-9H2,1H3/t12-,14+,15-,16+/m0/s1. The van der Waals surface area contributed by atoms with Gasteiger partial charge in [0.05, 0.1) is 29.9 Å². The van der Waals surface area contributed by atoms with E-state index in [1.165, 1.54) is 6.33 Å². The number of carbonyl (C=O) groups excluding carboxylic acids is 2. The number of likely N-dealkylation sites (tertiary alicyclic amines) is 2. The van der Waals surface area contributed by atoms with E-state index in [9.17, 15) is 14.7 Å². The average molecular weight is 412 g/mol. The van der Waals surface area contributed by atoms with Crippen molar-refractivity contribution >= 4 is 11.8 Å². The van der Waals surface area contributed by atoms with Crippen LogP contribution in [0.3, 0.4) is 0 Å². The number of nitrogens with one attached hydrogen (secondary N) is 1. The Bertz CT molecular complexity index is 963. The van der Waals surface area contributed by atoms with E-state index in [4.69, 9.17) is 4.52 Å². The van der Waals surface area contributed by atoms with Gasteiger partial charge in [-0.15, -0.1) is 0 Å². The fraction of sp³-hybridized carbons (Fsp3) is 0.550. The zero-order valence-electron chi connectivity index (χ0n) is 16.7. The minimum Gasteiger partial charge on any atom is -0.392 e. The average Bonchev–Trinajstić information content (AvgIpc) is 3.51. The molecule has 0 spiro atoms. The van der Waals surface area contributed by atoms with Crippen LogP contribution in [0.1, 0.15) is 35.4 Å². The molecule has 2 amide bonds. The molecular weight excluding hydrogens is 388 g/mol. The predicted molar refractivity (Wildman–Crippen MR) is 104 cm³/mol. The Balaban J connectivity index is 1.36. The van der Waals surface area contributed by atoms with E-state index >= 15 is 0 Å². The highest BCUT2D eigenvalue weighted by molar-refractivity contribution is 6.01. The van der Waals surface area contributed by atoms with Crippen LogP contribution in [-0.2, 0) is 4.79 Å². The lowest BCUT2D eigenvalue weighted by Crippen LogP contribution is -2.47. The monoisotopic (exact) mass is 412 g/mol. The minimum atomic E-state index is -0.476. The van der Waals surface area contributed by atoms with Crippen molar-refractivity contribution in [3.8, 4) is 11.4 Å². The minimum absolute atomic E-state index is 0.00339. The molecule has 0 radical (unpaired) electrons. The summed E-state index contributed by atoms with van der Waals surface area (Å²) in [6.45, 7) is 3.36. The molecule has 0 aliphatic carbocycles. The molecule has 3 fully saturated rings. The number of amides is 2. The van der Waals surface area contributed by atoms with E-state index < -0.39 is 6.10 Å². The number of aliphatic hydroxyl groups is 1. The summed E-state index contributed by atoms with van der Waals surface area (Å²) in [5.41, 5.74) is 1.37. The maximum Gasteiger partial charge on any atom is 0.260 e. The zero-order chi connectivity index (χ0) is 20.8. The van der Waals surface area contributed by atoms with E-state index in [0.717, 1.165) is 12.8 Å². The first-order valence-corrected chi connectivity index (χ1v) is 10.3. The molecular formula is C20H24N6O4. The summed E-state index contributed by atoms with van der Waals surface area (Å²) < 4.78 is 5.32. The molecule has 3 aliphatic heterocycles. The van der Waals surface area contributed by atoms with Crippen LogP contribution >= 0.6 is 0 Å². The fourth-order valence-corrected chi connectivity index (χ4v) is 4.99. The second-order valence-electron chi connectivity index (χ2n) is 8.15. The van der Waals surface area contributed by atoms with Crippen molar-refractivity contribution < 1.29 is 19.2 Å². The Kier molecular flexibility index (Phi) is 4.75. The molecule has 10 nitrogen and oxygen atoms in total. The number of aromatic nitrogens is 3. The highest BCUT2D eigenvalue weighted by atomic mass is 16.5. The molecule has 10 heteroatoms. The number of hydrogen-bond donors (Lipinski definition) is 2. The van der Waals surface area contributed by atoms with Gasteiger partial charge in [-0.25, -0.2) is 9.97 Å². The molecule has 0 unspecified atom stereocenters. The van der Waals surface area contributed by atoms with Crippen molar-refractivity contribution in [1.82, 2.24) is 30.2 Å². The summed E-state index contributed by atoms with van der Waals surface area (Å²) in [7, 11) is 0. The maximum atomic E-state index is 13.5. The smallest absolute Gasteiger partial charge is 0.260 e. The Labute approximate surface area is 173 Å². The van der Waals surface area contributed by atoms with Gasteiger partial charge in [-0.3, -0.25) is 9.59 Å². The zero-order valence-corrected chi connectivity index (χ0v) is 16.7. The number of aryl methyl sites for hydroxylation is 1. The largest absolute Gasteiger partial charge is 0.392 e. The summed E-state index contributed by atoms with van der Waals surface area (Å²) in [6.07, 6.45) is 4.46. The van der Waals surface area contributed by atoms with Gasteiger partial charge in [0.15, 0.2) is 0 Å². The molecule has 0 aromatic carbocycles. The Morgan fingerprint density at radius 3 is 2.70 bits per heavy atom. The van der Waals surface area contributed by atoms with Crippen molar-refractivity contribution in [1.29, 1.82) is 0 Å². The summed E-state index contributed by atoms with van der Waals surface area (Å²) in [4.78, 5) is 38.3. The molecule has 5 heterocycles. The summed E-state index contributed by atoms with van der Waals surface area (Å²) in [6, 6.07) is 1.33. The second-order valence-corrected chi connectivity index (χ2v) is 8.15. The summed E-state index contributed by atoms with van der Waals surface area (Å²) in [5, 5.41) is 16.9. The number of aliphatic hydroxyl groups excluding tert-OH is 1. The van der Waals surface area contributed by atoms with Gasteiger partial charge in [0.1, 0.15) is 23.3 Å². The van der Waals surface area contributed by atoms with Crippen molar-refractivity contribution in [3.05, 3.63) is 29.9 Å². The van der Waals surface area contributed by atoms with Gasteiger partial charge in [0.2, 0.25) is 5.91 Å². The van der Waals surface area contributed by atoms with Gasteiger partial charge in [-0.2, -0.15) is 0 Å². The van der Waals surface area contributed by atoms with E-state index in [1.807, 2.05) is 9.80 Å². The third kappa shape index (κ3) is 3.07. The molecule has 3 saturated heterocycles. The van der Waals surface area contributed by atoms with Crippen molar-refractivity contribution in [2.24, 2.45) is 0 Å². The number of rotatable bonds is 3. The third-order valence-electron chi connectivity index (χ3n) is 6.43. The lowest BCUT2D eigenvalue weighted by atomic mass is 10.1. The maximum absolute atomic E-state index is 13.5. The van der Waals surface area contributed by atoms with E-state index in [1.54, 1.807) is 19.2 Å². The first-order chi connectivity index (χ1) is 14.5. The van der Waals surface area contributed by atoms with Crippen LogP contribution in [0.2, 0.25) is 0 Å². The van der Waals surface area contributed by atoms with Gasteiger partial charge >= 0.3 is 0 Å². The number of β-amino-alcohol motifs (C(OH)–C–C–N with tert-alkyl or cyclic N) is 1. The Morgan fingerprint density at radius 1 is 1.23 bits per heavy atom. The van der Waals surface area contributed by atoms with E-state index in [-0.39, 0.29) is 29.9 Å². The van der Waals surface area contributed by atoms with Crippen molar-refractivity contribution in [2.45, 2.75) is 50.4 Å². The number of nitrogens with zero attached hydrogens (tertiary/aromatic N) is 5. The van der Waals surface area contributed by atoms with Gasteiger partial charge in [-0.05, 0) is 32.3 Å². The topological polar surface area (TPSA) is 125 Å². The van der Waals surface area contributed by atoms with Crippen LogP contribution in [0.5, 0.6) is 0 Å². The third-order valence-corrected chi connectivity index (χ3v) is 6.43. The van der Waals surface area contributed by atoms with E-state index in [0.29, 0.717) is 48.8 Å². The van der Waals surface area contributed by atoms with Crippen LogP contribution in [0.15, 0.2) is 23.1 Å². The number of fused-ring (bicyclic) bond motifs is 1. The van der Waals surface area contributed by atoms with Crippen molar-refractivity contribution in [2.75, 3.05) is 19.6 Å². The molecule has 30 heavy (non-hydrogen) atoms. The van der Waals surface area contributed by atoms with Crippen LogP contribution in [0.4, 0.5) is 0 Å². The van der Waals surface area contributed by atoms with Gasteiger partial charge < -0.3 is 24.7 Å². The van der Waals surface area contributed by atoms with Crippen LogP contribution in [-0.4, -0.2) is 85.7 Å². The first kappa shape index (κ1) is 19.1. The SMILES string of the molecule is Cc1onc(-c2ccncn2)c1C(=O)N1CC[C@H]2[C@H]1CCN2C(=O)[C@H]1C[C@H](O)CN1. The molecule has 2 N–H and O–H groups in total. The molecule has 5 rings (SSSR count). The van der Waals surface area contributed by atoms with E-state index in [2.05, 4.69) is 20.4 Å². The van der Waals surface area contributed by atoms with Crippen LogP contribution in [0.25, 0.3) is 11.4 Å². The quantitative estimate of drug-likeness (QED) is 0.721. The number of hydrogen-bond acceptors (Lipinski definition) is 8. The fourth-order valence-electron chi connectivity index (χ4n) is 4.99. The molecule has 158 valence electrons. The van der Waals surface area contributed by atoms with Crippen molar-refractivity contribution in [3.63, 3.8) is 0 Å². The molecule has 0 saturated carbocycles. The highest BCUT2D eigenvalue weighted by Gasteiger charge is 2.48. The molecule has 2 aromatic rings. The highest BCUT2D eigenvalue weighted by Crippen LogP contribution is 2.35. The summed E-state index contributed by atoms with van der Waals surface area (Å²) in [5.74, 6) is 0.335. The molecule has 4 atom stereocenters. The molecule has 0 bridgehead atoms. The normalized spacial score (nSPS) is 28.2. The molecule has 3 aliphatic rings. The summed E-state index contributed by atoms with van der Waals surface area (Å²) >= 11 is 0. The Hall–Kier alpha value is -2.85. The Morgan fingerprint density at radius 2 is 2.00 bits per heavy atom. The van der Waals surface area contributed by atoms with Crippen LogP contribution < -0.4 is 5.32 Å². The lowest BCUT2D eigenvalue weighted by Gasteiger charge is -2.27.